The zero-order chi connectivity index (χ0) is 15.5. The van der Waals surface area contributed by atoms with Crippen LogP contribution >= 0.6 is 11.3 Å². The average Bonchev–Trinajstić information content (AvgIpc) is 2.89. The molecule has 0 spiro atoms. The van der Waals surface area contributed by atoms with Gasteiger partial charge in [-0.15, -0.1) is 11.3 Å². The van der Waals surface area contributed by atoms with E-state index in [1.807, 2.05) is 26.8 Å². The molecule has 0 unspecified atom stereocenters. The van der Waals surface area contributed by atoms with E-state index in [9.17, 15) is 0 Å². The summed E-state index contributed by atoms with van der Waals surface area (Å²) in [5.74, 6) is 1.24. The first kappa shape index (κ1) is 15.8. The summed E-state index contributed by atoms with van der Waals surface area (Å²) in [5, 5.41) is 5.44. The number of thiophene rings is 1. The van der Waals surface area contributed by atoms with Gasteiger partial charge in [0.05, 0.1) is 6.10 Å². The van der Waals surface area contributed by atoms with Crippen LogP contribution < -0.4 is 10.1 Å². The summed E-state index contributed by atoms with van der Waals surface area (Å²) < 4.78 is 5.65. The Morgan fingerprint density at radius 1 is 1.33 bits per heavy atom. The number of anilines is 1. The molecule has 0 aliphatic carbocycles. The monoisotopic (exact) mass is 305 g/mol. The largest absolute Gasteiger partial charge is 0.475 e. The molecule has 1 N–H and O–H groups in total. The fraction of sp³-hybridized carbons (Fsp3) is 0.500. The highest BCUT2D eigenvalue weighted by molar-refractivity contribution is 7.10. The van der Waals surface area contributed by atoms with E-state index in [4.69, 9.17) is 4.74 Å². The number of hydrogen-bond acceptors (Lipinski definition) is 5. The minimum atomic E-state index is 0.0420. The van der Waals surface area contributed by atoms with Crippen molar-refractivity contribution in [1.29, 1.82) is 0 Å². The Balaban J connectivity index is 2.07. The molecule has 0 atom stereocenters. The molecule has 21 heavy (non-hydrogen) atoms. The van der Waals surface area contributed by atoms with Gasteiger partial charge in [-0.25, -0.2) is 4.98 Å². The zero-order valence-corrected chi connectivity index (χ0v) is 14.1. The molecule has 0 aliphatic heterocycles. The maximum Gasteiger partial charge on any atom is 0.226 e. The minimum absolute atomic E-state index is 0.0420. The highest BCUT2D eigenvalue weighted by atomic mass is 32.1. The van der Waals surface area contributed by atoms with Crippen molar-refractivity contribution < 1.29 is 4.74 Å². The molecule has 2 aromatic rings. The predicted molar refractivity (Wildman–Crippen MR) is 88.4 cm³/mol. The fourth-order valence-corrected chi connectivity index (χ4v) is 2.82. The van der Waals surface area contributed by atoms with Crippen LogP contribution in [0.25, 0.3) is 0 Å². The average molecular weight is 305 g/mol. The summed E-state index contributed by atoms with van der Waals surface area (Å²) in [6.07, 6.45) is 0.106. The van der Waals surface area contributed by atoms with Crippen molar-refractivity contribution in [3.63, 3.8) is 0 Å². The molecular weight excluding hydrogens is 282 g/mol. The van der Waals surface area contributed by atoms with E-state index in [1.54, 1.807) is 11.3 Å². The molecule has 2 heterocycles. The first-order valence-electron chi connectivity index (χ1n) is 7.17. The van der Waals surface area contributed by atoms with Crippen LogP contribution in [0.15, 0.2) is 23.6 Å². The van der Waals surface area contributed by atoms with Gasteiger partial charge in [-0.3, -0.25) is 0 Å². The van der Waals surface area contributed by atoms with E-state index in [2.05, 4.69) is 46.6 Å². The molecule has 114 valence electrons. The third kappa shape index (κ3) is 4.43. The molecule has 0 bridgehead atoms. The summed E-state index contributed by atoms with van der Waals surface area (Å²) in [5.41, 5.74) is 0.942. The van der Waals surface area contributed by atoms with Crippen molar-refractivity contribution in [3.05, 3.63) is 34.2 Å². The van der Waals surface area contributed by atoms with Crippen LogP contribution in [0.4, 0.5) is 5.95 Å². The van der Waals surface area contributed by atoms with E-state index < -0.39 is 0 Å². The van der Waals surface area contributed by atoms with Crippen LogP contribution in [0.5, 0.6) is 5.88 Å². The topological polar surface area (TPSA) is 47.0 Å². The van der Waals surface area contributed by atoms with Gasteiger partial charge in [0, 0.05) is 28.6 Å². The highest BCUT2D eigenvalue weighted by Crippen LogP contribution is 2.27. The van der Waals surface area contributed by atoms with E-state index in [0.717, 1.165) is 12.2 Å². The summed E-state index contributed by atoms with van der Waals surface area (Å²) in [4.78, 5) is 10.2. The van der Waals surface area contributed by atoms with Gasteiger partial charge in [-0.2, -0.15) is 4.98 Å². The molecule has 0 saturated carbocycles. The lowest BCUT2D eigenvalue weighted by atomic mass is 9.91. The molecule has 5 heteroatoms. The summed E-state index contributed by atoms with van der Waals surface area (Å²) in [7, 11) is 0. The van der Waals surface area contributed by atoms with Crippen LogP contribution in [-0.2, 0) is 5.41 Å². The van der Waals surface area contributed by atoms with Gasteiger partial charge in [-0.05, 0) is 32.2 Å². The first-order chi connectivity index (χ1) is 9.87. The van der Waals surface area contributed by atoms with Crippen LogP contribution in [-0.4, -0.2) is 22.6 Å². The summed E-state index contributed by atoms with van der Waals surface area (Å²) >= 11 is 1.77. The van der Waals surface area contributed by atoms with Gasteiger partial charge in [0.15, 0.2) is 0 Å². The molecule has 2 rings (SSSR count). The van der Waals surface area contributed by atoms with Crippen molar-refractivity contribution in [2.75, 3.05) is 11.9 Å². The van der Waals surface area contributed by atoms with Gasteiger partial charge >= 0.3 is 0 Å². The third-order valence-electron chi connectivity index (χ3n) is 3.06. The van der Waals surface area contributed by atoms with Gasteiger partial charge < -0.3 is 10.1 Å². The molecule has 0 aromatic carbocycles. The number of nitrogens with one attached hydrogen (secondary N) is 1. The maximum atomic E-state index is 5.65. The number of rotatable bonds is 6. The van der Waals surface area contributed by atoms with Crippen LogP contribution in [0.1, 0.15) is 38.3 Å². The quantitative estimate of drug-likeness (QED) is 0.875. The van der Waals surface area contributed by atoms with Crippen molar-refractivity contribution in [1.82, 2.24) is 9.97 Å². The van der Waals surface area contributed by atoms with Crippen molar-refractivity contribution >= 4 is 17.3 Å². The number of hydrogen-bond donors (Lipinski definition) is 1. The SMILES string of the molecule is Cc1cc(OC(C)C)nc(NCC(C)(C)c2cccs2)n1. The molecule has 0 saturated heterocycles. The van der Waals surface area contributed by atoms with Gasteiger partial charge in [0.2, 0.25) is 11.8 Å². The second kappa shape index (κ2) is 6.43. The molecule has 0 aliphatic rings. The van der Waals surface area contributed by atoms with Gasteiger partial charge in [-0.1, -0.05) is 19.9 Å². The van der Waals surface area contributed by atoms with E-state index in [0.29, 0.717) is 11.8 Å². The summed E-state index contributed by atoms with van der Waals surface area (Å²) in [6.45, 7) is 11.1. The van der Waals surface area contributed by atoms with Crippen molar-refractivity contribution in [2.45, 2.75) is 46.1 Å². The van der Waals surface area contributed by atoms with Gasteiger partial charge in [0.25, 0.3) is 0 Å². The smallest absolute Gasteiger partial charge is 0.226 e. The molecule has 0 amide bonds. The lowest BCUT2D eigenvalue weighted by Crippen LogP contribution is -2.27. The number of aryl methyl sites for hydroxylation is 1. The Bertz CT molecular complexity index is 579. The fourth-order valence-electron chi connectivity index (χ4n) is 1.97. The van der Waals surface area contributed by atoms with Gasteiger partial charge in [0.1, 0.15) is 0 Å². The molecular formula is C16H23N3OS. The predicted octanol–water partition coefficient (Wildman–Crippen LogP) is 4.02. The van der Waals surface area contributed by atoms with Crippen LogP contribution in [0, 0.1) is 6.92 Å². The molecule has 2 aromatic heterocycles. The Morgan fingerprint density at radius 3 is 2.71 bits per heavy atom. The lowest BCUT2D eigenvalue weighted by molar-refractivity contribution is 0.232. The van der Waals surface area contributed by atoms with Crippen molar-refractivity contribution in [2.24, 2.45) is 0 Å². The Hall–Kier alpha value is -1.62. The third-order valence-corrected chi connectivity index (χ3v) is 4.30. The normalized spacial score (nSPS) is 11.7. The maximum absolute atomic E-state index is 5.65. The van der Waals surface area contributed by atoms with Crippen LogP contribution in [0.3, 0.4) is 0 Å². The highest BCUT2D eigenvalue weighted by Gasteiger charge is 2.22. The second-order valence-corrected chi connectivity index (χ2v) is 7.00. The second-order valence-electron chi connectivity index (χ2n) is 6.05. The lowest BCUT2D eigenvalue weighted by Gasteiger charge is -2.23. The van der Waals surface area contributed by atoms with Crippen molar-refractivity contribution in [3.8, 4) is 5.88 Å². The minimum Gasteiger partial charge on any atom is -0.475 e. The van der Waals surface area contributed by atoms with E-state index >= 15 is 0 Å². The number of aromatic nitrogens is 2. The Kier molecular flexibility index (Phi) is 4.83. The first-order valence-corrected chi connectivity index (χ1v) is 8.05. The molecule has 0 radical (unpaired) electrons. The zero-order valence-electron chi connectivity index (χ0n) is 13.3. The summed E-state index contributed by atoms with van der Waals surface area (Å²) in [6, 6.07) is 6.10. The van der Waals surface area contributed by atoms with E-state index in [-0.39, 0.29) is 11.5 Å². The Labute approximate surface area is 130 Å². The van der Waals surface area contributed by atoms with Crippen LogP contribution in [0.2, 0.25) is 0 Å². The number of nitrogens with zero attached hydrogens (tertiary/aromatic N) is 2. The Morgan fingerprint density at radius 2 is 2.10 bits per heavy atom. The number of ether oxygens (including phenoxy) is 1. The molecule has 0 fully saturated rings. The standard InChI is InChI=1S/C16H23N3OS/c1-11(2)20-14-9-12(3)18-15(19-14)17-10-16(4,5)13-7-6-8-21-13/h6-9,11H,10H2,1-5H3,(H,17,18,19). The molecule has 4 nitrogen and oxygen atoms in total. The van der Waals surface area contributed by atoms with E-state index in [1.165, 1.54) is 4.88 Å².